The molecule has 0 saturated heterocycles. The number of nitrogens with two attached hydrogens (primary N) is 1. The number of carbonyl (C=O) groups is 1. The van der Waals surface area contributed by atoms with E-state index in [1.54, 1.807) is 0 Å². The van der Waals surface area contributed by atoms with Crippen LogP contribution in [0.15, 0.2) is 72.8 Å². The van der Waals surface area contributed by atoms with Gasteiger partial charge in [0, 0.05) is 23.2 Å². The Morgan fingerprint density at radius 2 is 1.56 bits per heavy atom. The number of hydrogen-bond acceptors (Lipinski definition) is 5. The van der Waals surface area contributed by atoms with E-state index in [4.69, 9.17) is 11.1 Å². The second-order valence-corrected chi connectivity index (χ2v) is 9.94. The van der Waals surface area contributed by atoms with Gasteiger partial charge in [-0.2, -0.15) is 0 Å². The Hall–Kier alpha value is -4.14. The first kappa shape index (κ1) is 31.4. The maximum atomic E-state index is 13.2. The molecule has 3 aromatic carbocycles. The van der Waals surface area contributed by atoms with Gasteiger partial charge in [-0.3, -0.25) is 10.2 Å². The Kier molecular flexibility index (Phi) is 11.1. The number of aryl methyl sites for hydroxylation is 1. The fourth-order valence-electron chi connectivity index (χ4n) is 4.93. The lowest BCUT2D eigenvalue weighted by molar-refractivity contribution is 0.101. The van der Waals surface area contributed by atoms with Gasteiger partial charge in [0.1, 0.15) is 5.82 Å². The van der Waals surface area contributed by atoms with Gasteiger partial charge in [0.2, 0.25) is 5.82 Å². The second kappa shape index (κ2) is 14.5. The molecule has 6 N–H and O–H groups in total. The largest absolute Gasteiger partial charge is 0.370 e. The van der Waals surface area contributed by atoms with Crippen molar-refractivity contribution in [2.45, 2.75) is 44.7 Å². The van der Waals surface area contributed by atoms with Crippen LogP contribution in [0.1, 0.15) is 53.0 Å². The van der Waals surface area contributed by atoms with Crippen LogP contribution in [-0.2, 0) is 0 Å². The summed E-state index contributed by atoms with van der Waals surface area (Å²) in [6.45, 7) is 2.02. The molecule has 8 nitrogen and oxygen atoms in total. The van der Waals surface area contributed by atoms with E-state index in [0.717, 1.165) is 47.8 Å². The van der Waals surface area contributed by atoms with Gasteiger partial charge in [0.05, 0.1) is 5.52 Å². The van der Waals surface area contributed by atoms with Gasteiger partial charge < -0.3 is 21.7 Å². The summed E-state index contributed by atoms with van der Waals surface area (Å²) in [5.41, 5.74) is 10.2. The van der Waals surface area contributed by atoms with Gasteiger partial charge in [-0.1, -0.05) is 79.1 Å². The van der Waals surface area contributed by atoms with E-state index in [1.807, 2.05) is 85.8 Å². The first-order valence-electron chi connectivity index (χ1n) is 13.2. The molecule has 1 amide bonds. The van der Waals surface area contributed by atoms with E-state index in [0.29, 0.717) is 17.0 Å². The van der Waals surface area contributed by atoms with E-state index < -0.39 is 0 Å². The van der Waals surface area contributed by atoms with E-state index >= 15 is 0 Å². The lowest BCUT2D eigenvalue weighted by Gasteiger charge is -2.33. The Morgan fingerprint density at radius 1 is 0.902 bits per heavy atom. The Morgan fingerprint density at radius 3 is 2.24 bits per heavy atom. The number of fused-ring (bicyclic) bond motifs is 1. The molecule has 0 unspecified atom stereocenters. The molecule has 5 rings (SSSR count). The van der Waals surface area contributed by atoms with Crippen LogP contribution in [-0.4, -0.2) is 33.9 Å². The first-order chi connectivity index (χ1) is 18.9. The average Bonchev–Trinajstić information content (AvgIpc) is 2.94. The van der Waals surface area contributed by atoms with Gasteiger partial charge in [-0.05, 0) is 55.2 Å². The number of guanidine groups is 1. The van der Waals surface area contributed by atoms with E-state index in [9.17, 15) is 4.79 Å². The molecule has 1 aromatic heterocycles. The van der Waals surface area contributed by atoms with Gasteiger partial charge >= 0.3 is 0 Å². The standard InChI is InChI=1S/C31H33N7O.2ClH/c1-20-11-18-25-24(19-20)28(36-26-9-5-6-10-27(26)37-31(32)33)38-29(35-25)30(39)34-23-16-14-22(15-17-23)13-12-21-7-3-2-4-8-21;;/h2-4,7-8,11-19,26-27H,5-6,9-10H2,1H3,(H,34,39)(H4,32,33,37)(H,35,36,38);2*1H/t26-,27+;;/m0../s1. The quantitative estimate of drug-likeness (QED) is 0.0959. The normalized spacial score (nSPS) is 16.3. The number of nitrogens with one attached hydrogen (secondary N) is 4. The minimum Gasteiger partial charge on any atom is -0.370 e. The van der Waals surface area contributed by atoms with Crippen molar-refractivity contribution < 1.29 is 4.79 Å². The van der Waals surface area contributed by atoms with Crippen molar-refractivity contribution >= 4 is 71.2 Å². The molecule has 10 heteroatoms. The molecule has 1 fully saturated rings. The zero-order chi connectivity index (χ0) is 27.2. The van der Waals surface area contributed by atoms with Crippen LogP contribution in [0.3, 0.4) is 0 Å². The molecule has 214 valence electrons. The zero-order valence-corrected chi connectivity index (χ0v) is 24.4. The van der Waals surface area contributed by atoms with Crippen LogP contribution in [0.4, 0.5) is 11.5 Å². The summed E-state index contributed by atoms with van der Waals surface area (Å²) in [6, 6.07) is 23.7. The van der Waals surface area contributed by atoms with Crippen molar-refractivity contribution in [1.29, 1.82) is 5.41 Å². The smallest absolute Gasteiger partial charge is 0.293 e. The van der Waals surface area contributed by atoms with Gasteiger partial charge in [0.15, 0.2) is 5.96 Å². The SMILES string of the molecule is Cc1ccc2nc(C(=O)Nc3ccc(C=Cc4ccccc4)cc3)nc(N[C@H]3CCCC[C@H]3NC(=N)N)c2c1.Cl.Cl. The summed E-state index contributed by atoms with van der Waals surface area (Å²) < 4.78 is 0. The highest BCUT2D eigenvalue weighted by Gasteiger charge is 2.27. The van der Waals surface area contributed by atoms with Crippen molar-refractivity contribution in [2.24, 2.45) is 5.73 Å². The molecule has 41 heavy (non-hydrogen) atoms. The number of amides is 1. The lowest BCUT2D eigenvalue weighted by Crippen LogP contribution is -2.50. The molecule has 0 radical (unpaired) electrons. The highest BCUT2D eigenvalue weighted by atomic mass is 35.5. The fourth-order valence-corrected chi connectivity index (χ4v) is 4.93. The Bertz CT molecular complexity index is 1510. The minimum absolute atomic E-state index is 0. The van der Waals surface area contributed by atoms with Crippen molar-refractivity contribution in [3.8, 4) is 0 Å². The number of anilines is 2. The van der Waals surface area contributed by atoms with Crippen LogP contribution < -0.4 is 21.7 Å². The second-order valence-electron chi connectivity index (χ2n) is 9.94. The lowest BCUT2D eigenvalue weighted by atomic mass is 9.90. The van der Waals surface area contributed by atoms with Crippen molar-refractivity contribution in [3.05, 3.63) is 95.3 Å². The van der Waals surface area contributed by atoms with Gasteiger partial charge in [0.25, 0.3) is 5.91 Å². The molecule has 4 aromatic rings. The molecule has 1 saturated carbocycles. The van der Waals surface area contributed by atoms with Crippen molar-refractivity contribution in [2.75, 3.05) is 10.6 Å². The van der Waals surface area contributed by atoms with E-state index in [1.165, 1.54) is 0 Å². The van der Waals surface area contributed by atoms with E-state index in [2.05, 4.69) is 32.0 Å². The zero-order valence-electron chi connectivity index (χ0n) is 22.8. The van der Waals surface area contributed by atoms with Crippen LogP contribution in [0, 0.1) is 12.3 Å². The summed E-state index contributed by atoms with van der Waals surface area (Å²) in [5.74, 6) is 0.278. The van der Waals surface area contributed by atoms with E-state index in [-0.39, 0.29) is 54.6 Å². The molecular formula is C31H35Cl2N7O. The van der Waals surface area contributed by atoms with Crippen molar-refractivity contribution in [3.63, 3.8) is 0 Å². The number of halogens is 2. The van der Waals surface area contributed by atoms with Crippen molar-refractivity contribution in [1.82, 2.24) is 15.3 Å². The molecule has 2 atom stereocenters. The average molecular weight is 593 g/mol. The van der Waals surface area contributed by atoms with Crippen LogP contribution >= 0.6 is 24.8 Å². The first-order valence-corrected chi connectivity index (χ1v) is 13.2. The molecule has 0 bridgehead atoms. The minimum atomic E-state index is -0.379. The highest BCUT2D eigenvalue weighted by Crippen LogP contribution is 2.27. The molecule has 1 heterocycles. The predicted molar refractivity (Wildman–Crippen MR) is 173 cm³/mol. The highest BCUT2D eigenvalue weighted by molar-refractivity contribution is 6.04. The van der Waals surface area contributed by atoms with Gasteiger partial charge in [-0.25, -0.2) is 9.97 Å². The third kappa shape index (κ3) is 8.19. The maximum absolute atomic E-state index is 13.2. The Labute approximate surface area is 252 Å². The van der Waals surface area contributed by atoms with Crippen LogP contribution in [0.25, 0.3) is 23.1 Å². The number of rotatable bonds is 7. The summed E-state index contributed by atoms with van der Waals surface area (Å²) in [7, 11) is 0. The third-order valence-electron chi connectivity index (χ3n) is 6.92. The number of carbonyl (C=O) groups excluding carboxylic acids is 1. The monoisotopic (exact) mass is 591 g/mol. The molecule has 1 aliphatic rings. The number of hydrogen-bond donors (Lipinski definition) is 5. The summed E-state index contributed by atoms with van der Waals surface area (Å²) in [5, 5.41) is 18.1. The number of benzene rings is 3. The topological polar surface area (TPSA) is 129 Å². The maximum Gasteiger partial charge on any atom is 0.293 e. The number of aromatic nitrogens is 2. The third-order valence-corrected chi connectivity index (χ3v) is 6.92. The van der Waals surface area contributed by atoms with Crippen LogP contribution in [0.5, 0.6) is 0 Å². The summed E-state index contributed by atoms with van der Waals surface area (Å²) in [4.78, 5) is 22.5. The van der Waals surface area contributed by atoms with Gasteiger partial charge in [-0.15, -0.1) is 24.8 Å². The molecule has 1 aliphatic carbocycles. The summed E-state index contributed by atoms with van der Waals surface area (Å²) >= 11 is 0. The van der Waals surface area contributed by atoms with Crippen LogP contribution in [0.2, 0.25) is 0 Å². The Balaban J connectivity index is 0.00000231. The fraction of sp³-hybridized carbons (Fsp3) is 0.226. The molecule has 0 aliphatic heterocycles. The number of nitrogens with zero attached hydrogens (tertiary/aromatic N) is 2. The predicted octanol–water partition coefficient (Wildman–Crippen LogP) is 6.41. The molecule has 0 spiro atoms. The summed E-state index contributed by atoms with van der Waals surface area (Å²) in [6.07, 6.45) is 8.04. The molecular weight excluding hydrogens is 557 g/mol.